The molecule has 0 aliphatic rings. The zero-order valence-electron chi connectivity index (χ0n) is 32.0. The molecule has 0 spiro atoms. The van der Waals surface area contributed by atoms with Gasteiger partial charge in [0.05, 0.1) is 6.61 Å². The minimum Gasteiger partial charge on any atom is -0.494 e. The summed E-state index contributed by atoms with van der Waals surface area (Å²) in [6, 6.07) is 22.9. The van der Waals surface area contributed by atoms with Crippen molar-refractivity contribution in [2.75, 3.05) is 13.2 Å². The molecule has 0 aliphatic heterocycles. The van der Waals surface area contributed by atoms with Crippen molar-refractivity contribution in [1.82, 2.24) is 20.2 Å². The first kappa shape index (κ1) is 40.5. The first-order valence-corrected chi connectivity index (χ1v) is 18.6. The highest BCUT2D eigenvalue weighted by Crippen LogP contribution is 2.24. The summed E-state index contributed by atoms with van der Waals surface area (Å²) in [5, 5.41) is 2.75. The van der Waals surface area contributed by atoms with Gasteiger partial charge in [-0.2, -0.15) is 0 Å². The number of hydrogen-bond acceptors (Lipinski definition) is 8. The second-order valence-electron chi connectivity index (χ2n) is 14.1. The lowest BCUT2D eigenvalue weighted by molar-refractivity contribution is -0.164. The topological polar surface area (TPSA) is 120 Å². The van der Waals surface area contributed by atoms with Crippen LogP contribution >= 0.6 is 0 Å². The van der Waals surface area contributed by atoms with Gasteiger partial charge in [-0.15, -0.1) is 0 Å². The summed E-state index contributed by atoms with van der Waals surface area (Å²) in [7, 11) is 0. The number of esters is 1. The van der Waals surface area contributed by atoms with E-state index in [1.807, 2.05) is 78.9 Å². The maximum atomic E-state index is 14.0. The lowest BCUT2D eigenvalue weighted by Gasteiger charge is -2.32. The van der Waals surface area contributed by atoms with E-state index in [0.29, 0.717) is 5.82 Å². The molecule has 4 aromatic rings. The molecule has 0 saturated carbocycles. The number of aromatic nitrogens is 2. The first-order chi connectivity index (χ1) is 25.5. The predicted molar refractivity (Wildman–Crippen MR) is 207 cm³/mol. The highest BCUT2D eigenvalue weighted by atomic mass is 16.6. The number of carbonyl (C=O) groups excluding carboxylic acids is 3. The van der Waals surface area contributed by atoms with Gasteiger partial charge in [-0.3, -0.25) is 4.79 Å². The van der Waals surface area contributed by atoms with Gasteiger partial charge < -0.3 is 24.4 Å². The minimum atomic E-state index is -1.01. The van der Waals surface area contributed by atoms with Crippen LogP contribution in [0.15, 0.2) is 91.3 Å². The Morgan fingerprint density at radius 2 is 1.42 bits per heavy atom. The van der Waals surface area contributed by atoms with Crippen molar-refractivity contribution in [2.45, 2.75) is 104 Å². The van der Waals surface area contributed by atoms with E-state index in [0.717, 1.165) is 46.6 Å². The molecule has 0 aliphatic carbocycles. The van der Waals surface area contributed by atoms with Gasteiger partial charge >= 0.3 is 12.1 Å². The number of amides is 2. The third kappa shape index (κ3) is 13.0. The molecule has 2 amide bonds. The van der Waals surface area contributed by atoms with E-state index in [2.05, 4.69) is 22.2 Å². The summed E-state index contributed by atoms with van der Waals surface area (Å²) in [6.45, 7) is 12.0. The molecule has 0 radical (unpaired) electrons. The Morgan fingerprint density at radius 3 is 2.04 bits per heavy atom. The number of nitrogens with one attached hydrogen (secondary N) is 1. The molecular weight excluding hydrogens is 668 g/mol. The smallest absolute Gasteiger partial charge is 0.408 e. The Labute approximate surface area is 314 Å². The Bertz CT molecular complexity index is 1720. The van der Waals surface area contributed by atoms with Crippen LogP contribution in [0.4, 0.5) is 4.79 Å². The summed E-state index contributed by atoms with van der Waals surface area (Å²) in [4.78, 5) is 50.5. The van der Waals surface area contributed by atoms with Gasteiger partial charge in [0.15, 0.2) is 5.82 Å². The Balaban J connectivity index is 1.43. The average molecular weight is 723 g/mol. The largest absolute Gasteiger partial charge is 0.494 e. The second kappa shape index (κ2) is 20.1. The maximum absolute atomic E-state index is 14.0. The quantitative estimate of drug-likeness (QED) is 0.0802. The van der Waals surface area contributed by atoms with E-state index in [1.165, 1.54) is 30.6 Å². The van der Waals surface area contributed by atoms with Crippen LogP contribution in [-0.2, 0) is 32.1 Å². The molecule has 2 atom stereocenters. The fourth-order valence-corrected chi connectivity index (χ4v) is 5.73. The molecule has 0 bridgehead atoms. The molecule has 53 heavy (non-hydrogen) atoms. The predicted octanol–water partition coefficient (Wildman–Crippen LogP) is 8.58. The Hall–Kier alpha value is -5.25. The SMILES string of the molecule is CCCCCCCOc1ccc(-c2cnc(-c3ccc(CC(NC(=O)OCc4ccccc4)C(=O)N(CC)C(C)C(=O)OC(C)(C)C)cc3)nc2)cc1. The molecule has 4 rings (SSSR count). The number of carbonyl (C=O) groups is 3. The zero-order chi connectivity index (χ0) is 38.2. The number of likely N-dealkylation sites (N-methyl/N-ethyl adjacent to an activating group) is 1. The van der Waals surface area contributed by atoms with Gasteiger partial charge in [0.25, 0.3) is 0 Å². The van der Waals surface area contributed by atoms with Gasteiger partial charge in [0.2, 0.25) is 5.91 Å². The van der Waals surface area contributed by atoms with Gasteiger partial charge in [-0.05, 0) is 69.9 Å². The van der Waals surface area contributed by atoms with E-state index in [9.17, 15) is 14.4 Å². The highest BCUT2D eigenvalue weighted by molar-refractivity contribution is 5.90. The van der Waals surface area contributed by atoms with Crippen LogP contribution < -0.4 is 10.1 Å². The van der Waals surface area contributed by atoms with Crippen molar-refractivity contribution in [3.8, 4) is 28.3 Å². The third-order valence-electron chi connectivity index (χ3n) is 8.65. The molecule has 10 nitrogen and oxygen atoms in total. The van der Waals surface area contributed by atoms with Crippen molar-refractivity contribution in [2.24, 2.45) is 0 Å². The van der Waals surface area contributed by atoms with E-state index in [-0.39, 0.29) is 19.6 Å². The zero-order valence-corrected chi connectivity index (χ0v) is 32.0. The number of ether oxygens (including phenoxy) is 3. The lowest BCUT2D eigenvalue weighted by Crippen LogP contribution is -2.54. The van der Waals surface area contributed by atoms with Crippen LogP contribution in [0.1, 0.15) is 84.8 Å². The van der Waals surface area contributed by atoms with Crippen LogP contribution in [0.5, 0.6) is 5.75 Å². The fraction of sp³-hybridized carbons (Fsp3) is 0.419. The number of unbranched alkanes of at least 4 members (excludes halogenated alkanes) is 4. The van der Waals surface area contributed by atoms with E-state index in [4.69, 9.17) is 14.2 Å². The Kier molecular flexibility index (Phi) is 15.4. The molecule has 1 heterocycles. The van der Waals surface area contributed by atoms with E-state index >= 15 is 0 Å². The van der Waals surface area contributed by atoms with Gasteiger partial charge in [0.1, 0.15) is 30.0 Å². The number of alkyl carbamates (subject to hydrolysis) is 1. The number of rotatable bonds is 18. The van der Waals surface area contributed by atoms with Crippen molar-refractivity contribution in [1.29, 1.82) is 0 Å². The van der Waals surface area contributed by atoms with Crippen LogP contribution in [0.2, 0.25) is 0 Å². The second-order valence-corrected chi connectivity index (χ2v) is 14.1. The van der Waals surface area contributed by atoms with Gasteiger partial charge in [-0.1, -0.05) is 99.3 Å². The fourth-order valence-electron chi connectivity index (χ4n) is 5.73. The standard InChI is InChI=1S/C43H54N4O6/c1-7-9-10-11-15-26-51-37-24-22-34(23-25-37)36-28-44-39(45-29-36)35-20-18-32(19-21-35)27-38(46-42(50)52-30-33-16-13-12-14-17-33)40(48)47(8-2)31(3)41(49)53-43(4,5)6/h12-14,16-25,28-29,31,38H,7-11,15,26-27,30H2,1-6H3,(H,46,50). The molecule has 2 unspecified atom stereocenters. The molecule has 282 valence electrons. The summed E-state index contributed by atoms with van der Waals surface area (Å²) in [6.07, 6.45) is 9.02. The minimum absolute atomic E-state index is 0.0475. The van der Waals surface area contributed by atoms with Gasteiger partial charge in [0, 0.05) is 36.5 Å². The van der Waals surface area contributed by atoms with Crippen LogP contribution in [0.25, 0.3) is 22.5 Å². The number of benzene rings is 3. The van der Waals surface area contributed by atoms with E-state index in [1.54, 1.807) is 47.0 Å². The molecule has 0 saturated heterocycles. The first-order valence-electron chi connectivity index (χ1n) is 18.6. The van der Waals surface area contributed by atoms with Crippen molar-refractivity contribution >= 4 is 18.0 Å². The van der Waals surface area contributed by atoms with Crippen LogP contribution in [0, 0.1) is 0 Å². The molecular formula is C43H54N4O6. The van der Waals surface area contributed by atoms with Crippen molar-refractivity contribution < 1.29 is 28.6 Å². The normalized spacial score (nSPS) is 12.3. The van der Waals surface area contributed by atoms with Gasteiger partial charge in [-0.25, -0.2) is 19.6 Å². The van der Waals surface area contributed by atoms with Crippen LogP contribution in [0.3, 0.4) is 0 Å². The molecule has 10 heteroatoms. The number of nitrogens with zero attached hydrogens (tertiary/aromatic N) is 3. The third-order valence-corrected chi connectivity index (χ3v) is 8.65. The number of hydrogen-bond donors (Lipinski definition) is 1. The monoisotopic (exact) mass is 722 g/mol. The summed E-state index contributed by atoms with van der Waals surface area (Å²) in [5.41, 5.74) is 3.58. The van der Waals surface area contributed by atoms with Crippen molar-refractivity contribution in [3.05, 3.63) is 102 Å². The van der Waals surface area contributed by atoms with Crippen LogP contribution in [-0.4, -0.2) is 63.7 Å². The lowest BCUT2D eigenvalue weighted by atomic mass is 10.0. The Morgan fingerprint density at radius 1 is 0.774 bits per heavy atom. The molecule has 1 N–H and O–H groups in total. The molecule has 0 fully saturated rings. The van der Waals surface area contributed by atoms with Crippen molar-refractivity contribution in [3.63, 3.8) is 0 Å². The summed E-state index contributed by atoms with van der Waals surface area (Å²) in [5.74, 6) is 0.461. The van der Waals surface area contributed by atoms with E-state index < -0.39 is 35.7 Å². The summed E-state index contributed by atoms with van der Waals surface area (Å²) < 4.78 is 16.9. The molecule has 1 aromatic heterocycles. The molecule has 3 aromatic carbocycles. The highest BCUT2D eigenvalue weighted by Gasteiger charge is 2.34. The summed E-state index contributed by atoms with van der Waals surface area (Å²) >= 11 is 0. The maximum Gasteiger partial charge on any atom is 0.408 e. The average Bonchev–Trinajstić information content (AvgIpc) is 3.15.